The van der Waals surface area contributed by atoms with Gasteiger partial charge in [-0.15, -0.1) is 16.4 Å². The molecule has 0 bridgehead atoms. The molecule has 4 heterocycles. The van der Waals surface area contributed by atoms with Gasteiger partial charge in [-0.05, 0) is 79.2 Å². The fraction of sp³-hybridized carbons (Fsp3) is 0.481. The van der Waals surface area contributed by atoms with Crippen LogP contribution in [0, 0.1) is 0 Å². The molecular formula is C27H34N6O3S. The third-order valence-electron chi connectivity index (χ3n) is 7.32. The summed E-state index contributed by atoms with van der Waals surface area (Å²) in [5, 5.41) is 16.0. The number of ether oxygens (including phenoxy) is 2. The molecule has 0 unspecified atom stereocenters. The molecule has 0 saturated carbocycles. The quantitative estimate of drug-likeness (QED) is 0.327. The van der Waals surface area contributed by atoms with Crippen molar-refractivity contribution < 1.29 is 9.47 Å². The lowest BCUT2D eigenvalue weighted by Gasteiger charge is -2.34. The van der Waals surface area contributed by atoms with Crippen molar-refractivity contribution in [2.45, 2.75) is 64.3 Å². The molecule has 37 heavy (non-hydrogen) atoms. The second-order valence-corrected chi connectivity index (χ2v) is 11.2. The number of hydrogen-bond donors (Lipinski definition) is 1. The predicted octanol–water partition coefficient (Wildman–Crippen LogP) is 4.50. The zero-order chi connectivity index (χ0) is 26.0. The van der Waals surface area contributed by atoms with E-state index in [1.807, 2.05) is 28.9 Å². The Bertz CT molecular complexity index is 1390. The number of nitrogens with zero attached hydrogens (tertiary/aromatic N) is 5. The summed E-state index contributed by atoms with van der Waals surface area (Å²) in [7, 11) is 1.64. The molecule has 1 fully saturated rings. The summed E-state index contributed by atoms with van der Waals surface area (Å²) in [5.41, 5.74) is 0.863. The van der Waals surface area contributed by atoms with Crippen molar-refractivity contribution in [1.82, 2.24) is 30.1 Å². The first kappa shape index (κ1) is 25.6. The molecule has 5 rings (SSSR count). The lowest BCUT2D eigenvalue weighted by Crippen LogP contribution is -2.41. The second-order valence-electron chi connectivity index (χ2n) is 10.2. The van der Waals surface area contributed by atoms with E-state index in [1.54, 1.807) is 18.4 Å². The van der Waals surface area contributed by atoms with Crippen molar-refractivity contribution in [3.63, 3.8) is 0 Å². The molecule has 1 N–H and O–H groups in total. The smallest absolute Gasteiger partial charge is 0.253 e. The number of H-pyrrole nitrogens is 1. The molecule has 0 spiro atoms. The van der Waals surface area contributed by atoms with E-state index in [2.05, 4.69) is 63.7 Å². The van der Waals surface area contributed by atoms with Crippen molar-refractivity contribution in [3.05, 3.63) is 68.4 Å². The molecule has 1 saturated heterocycles. The van der Waals surface area contributed by atoms with Gasteiger partial charge in [-0.1, -0.05) is 13.0 Å². The molecule has 9 nitrogen and oxygen atoms in total. The zero-order valence-electron chi connectivity index (χ0n) is 21.8. The molecule has 0 radical (unpaired) electrons. The Labute approximate surface area is 220 Å². The molecule has 0 amide bonds. The molecule has 196 valence electrons. The second kappa shape index (κ2) is 10.7. The van der Waals surface area contributed by atoms with Gasteiger partial charge in [0.15, 0.2) is 5.82 Å². The molecule has 10 heteroatoms. The average molecular weight is 523 g/mol. The summed E-state index contributed by atoms with van der Waals surface area (Å²) in [6.45, 7) is 8.42. The lowest BCUT2D eigenvalue weighted by molar-refractivity contribution is 0.0566. The number of benzene rings is 1. The number of thiophene rings is 1. The standard InChI is InChI=1S/C27H34N6O3S/c1-5-27(2,3)33-25(29-30-31-33)24(22-15-18-14-19(35-4)10-11-23(18)28-26(22)34)32(16-20-8-6-12-36-20)17-21-9-7-13-37-21/h7,9-11,13-15,20,24H,5-6,8,12,16-17H2,1-4H3,(H,28,34)/t20-,24+/m1/s1. The van der Waals surface area contributed by atoms with Gasteiger partial charge in [0, 0.05) is 41.0 Å². The van der Waals surface area contributed by atoms with Gasteiger partial charge in [0.25, 0.3) is 5.56 Å². The Morgan fingerprint density at radius 3 is 2.89 bits per heavy atom. The third kappa shape index (κ3) is 5.32. The zero-order valence-corrected chi connectivity index (χ0v) is 22.6. The van der Waals surface area contributed by atoms with E-state index in [0.29, 0.717) is 24.5 Å². The van der Waals surface area contributed by atoms with Crippen molar-refractivity contribution in [2.75, 3.05) is 20.3 Å². The Kier molecular flexibility index (Phi) is 7.41. The van der Waals surface area contributed by atoms with Gasteiger partial charge in [-0.3, -0.25) is 9.69 Å². The van der Waals surface area contributed by atoms with Crippen LogP contribution in [0.1, 0.15) is 62.3 Å². The number of pyridine rings is 1. The summed E-state index contributed by atoms with van der Waals surface area (Å²) in [6, 6.07) is 11.3. The summed E-state index contributed by atoms with van der Waals surface area (Å²) < 4.78 is 13.4. The number of fused-ring (bicyclic) bond motifs is 1. The molecule has 3 aromatic heterocycles. The minimum atomic E-state index is -0.480. The Morgan fingerprint density at radius 2 is 2.19 bits per heavy atom. The molecule has 1 aromatic carbocycles. The largest absolute Gasteiger partial charge is 0.497 e. The van der Waals surface area contributed by atoms with E-state index >= 15 is 0 Å². The highest BCUT2D eigenvalue weighted by molar-refractivity contribution is 7.09. The van der Waals surface area contributed by atoms with Crippen LogP contribution in [0.25, 0.3) is 10.9 Å². The molecule has 1 aliphatic rings. The van der Waals surface area contributed by atoms with Crippen LogP contribution in [-0.2, 0) is 16.8 Å². The highest BCUT2D eigenvalue weighted by Crippen LogP contribution is 2.33. The van der Waals surface area contributed by atoms with Gasteiger partial charge in [-0.25, -0.2) is 4.68 Å². The molecule has 1 aliphatic heterocycles. The van der Waals surface area contributed by atoms with Crippen LogP contribution in [0.4, 0.5) is 0 Å². The summed E-state index contributed by atoms with van der Waals surface area (Å²) in [4.78, 5) is 20.3. The van der Waals surface area contributed by atoms with Gasteiger partial charge < -0.3 is 14.5 Å². The maximum atomic E-state index is 13.7. The maximum absolute atomic E-state index is 13.7. The van der Waals surface area contributed by atoms with Crippen LogP contribution in [0.2, 0.25) is 0 Å². The number of hydrogen-bond acceptors (Lipinski definition) is 8. The fourth-order valence-electron chi connectivity index (χ4n) is 4.89. The van der Waals surface area contributed by atoms with Crippen molar-refractivity contribution in [1.29, 1.82) is 0 Å². The minimum Gasteiger partial charge on any atom is -0.497 e. The van der Waals surface area contributed by atoms with Crippen LogP contribution >= 0.6 is 11.3 Å². The summed E-state index contributed by atoms with van der Waals surface area (Å²) in [5.74, 6) is 1.38. The lowest BCUT2D eigenvalue weighted by atomic mass is 9.98. The molecule has 2 atom stereocenters. The highest BCUT2D eigenvalue weighted by Gasteiger charge is 2.36. The van der Waals surface area contributed by atoms with E-state index in [4.69, 9.17) is 9.47 Å². The number of methoxy groups -OCH3 is 1. The van der Waals surface area contributed by atoms with E-state index in [1.165, 1.54) is 4.88 Å². The van der Waals surface area contributed by atoms with Crippen LogP contribution in [0.3, 0.4) is 0 Å². The average Bonchev–Trinajstić information content (AvgIpc) is 3.68. The van der Waals surface area contributed by atoms with E-state index < -0.39 is 6.04 Å². The monoisotopic (exact) mass is 522 g/mol. The molecule has 4 aromatic rings. The van der Waals surface area contributed by atoms with Gasteiger partial charge >= 0.3 is 0 Å². The van der Waals surface area contributed by atoms with Crippen LogP contribution in [0.15, 0.2) is 46.6 Å². The van der Waals surface area contributed by atoms with Gasteiger partial charge in [0.1, 0.15) is 11.8 Å². The van der Waals surface area contributed by atoms with Gasteiger partial charge in [-0.2, -0.15) is 0 Å². The van der Waals surface area contributed by atoms with Gasteiger partial charge in [0.05, 0.1) is 18.8 Å². The fourth-order valence-corrected chi connectivity index (χ4v) is 5.62. The number of nitrogens with one attached hydrogen (secondary N) is 1. The summed E-state index contributed by atoms with van der Waals surface area (Å²) >= 11 is 1.70. The highest BCUT2D eigenvalue weighted by atomic mass is 32.1. The Morgan fingerprint density at radius 1 is 1.32 bits per heavy atom. The first-order valence-corrected chi connectivity index (χ1v) is 13.7. The van der Waals surface area contributed by atoms with Crippen LogP contribution in [0.5, 0.6) is 5.75 Å². The van der Waals surface area contributed by atoms with E-state index in [-0.39, 0.29) is 17.2 Å². The van der Waals surface area contributed by atoms with Crippen molar-refractivity contribution in [3.8, 4) is 5.75 Å². The van der Waals surface area contributed by atoms with Crippen LogP contribution < -0.4 is 10.3 Å². The maximum Gasteiger partial charge on any atom is 0.253 e. The Balaban J connectivity index is 1.70. The predicted molar refractivity (Wildman–Crippen MR) is 144 cm³/mol. The number of tetrazole rings is 1. The van der Waals surface area contributed by atoms with Crippen LogP contribution in [-0.4, -0.2) is 56.5 Å². The molecule has 0 aliphatic carbocycles. The van der Waals surface area contributed by atoms with E-state index in [0.717, 1.165) is 42.5 Å². The normalized spacial score (nSPS) is 17.1. The van der Waals surface area contributed by atoms with E-state index in [9.17, 15) is 4.79 Å². The van der Waals surface area contributed by atoms with Crippen molar-refractivity contribution in [2.24, 2.45) is 0 Å². The molecular weight excluding hydrogens is 488 g/mol. The minimum absolute atomic E-state index is 0.0885. The first-order valence-electron chi connectivity index (χ1n) is 12.8. The number of aromatic nitrogens is 5. The van der Waals surface area contributed by atoms with Gasteiger partial charge in [0.2, 0.25) is 0 Å². The SMILES string of the molecule is CCC(C)(C)n1nnnc1[C@H](c1cc2cc(OC)ccc2[nH]c1=O)N(Cc1cccs1)C[C@H]1CCCO1. The third-order valence-corrected chi connectivity index (χ3v) is 8.18. The first-order chi connectivity index (χ1) is 17.9. The topological polar surface area (TPSA) is 98.2 Å². The number of rotatable bonds is 10. The summed E-state index contributed by atoms with van der Waals surface area (Å²) in [6.07, 6.45) is 2.95. The van der Waals surface area contributed by atoms with Crippen molar-refractivity contribution >= 4 is 22.2 Å². The Hall–Kier alpha value is -3.08. The number of aromatic amines is 1.